The van der Waals surface area contributed by atoms with E-state index >= 15 is 0 Å². The second-order valence-electron chi connectivity index (χ2n) is 7.76. The minimum absolute atomic E-state index is 0.0400. The molecule has 1 heterocycles. The maximum absolute atomic E-state index is 11.3. The first kappa shape index (κ1) is 20.0. The SMILES string of the molecule is COC(=O)C=Cc1ccc2c(c1)CCC(c1cccc(-c3c(C)cccc3C)c1)O2. The van der Waals surface area contributed by atoms with Gasteiger partial charge in [-0.1, -0.05) is 42.5 Å². The third kappa shape index (κ3) is 4.16. The normalized spacial score (nSPS) is 15.5. The average molecular weight is 399 g/mol. The molecule has 3 heteroatoms. The molecule has 0 radical (unpaired) electrons. The van der Waals surface area contributed by atoms with Gasteiger partial charge in [0.2, 0.25) is 0 Å². The quantitative estimate of drug-likeness (QED) is 0.386. The van der Waals surface area contributed by atoms with Crippen molar-refractivity contribution < 1.29 is 14.3 Å². The lowest BCUT2D eigenvalue weighted by Crippen LogP contribution is -2.15. The molecule has 1 unspecified atom stereocenters. The van der Waals surface area contributed by atoms with Gasteiger partial charge >= 0.3 is 5.97 Å². The van der Waals surface area contributed by atoms with E-state index in [0.717, 1.165) is 24.2 Å². The van der Waals surface area contributed by atoms with Crippen LogP contribution in [0, 0.1) is 13.8 Å². The van der Waals surface area contributed by atoms with Gasteiger partial charge < -0.3 is 9.47 Å². The van der Waals surface area contributed by atoms with Crippen LogP contribution in [-0.4, -0.2) is 13.1 Å². The third-order valence-corrected chi connectivity index (χ3v) is 5.67. The number of ether oxygens (including phenoxy) is 2. The minimum atomic E-state index is -0.354. The molecular weight excluding hydrogens is 372 g/mol. The Bertz CT molecular complexity index is 1090. The van der Waals surface area contributed by atoms with Crippen LogP contribution in [0.2, 0.25) is 0 Å². The fourth-order valence-electron chi connectivity index (χ4n) is 4.14. The summed E-state index contributed by atoms with van der Waals surface area (Å²) in [6, 6.07) is 21.2. The Morgan fingerprint density at radius 1 is 1.03 bits per heavy atom. The van der Waals surface area contributed by atoms with Crippen molar-refractivity contribution in [3.8, 4) is 16.9 Å². The van der Waals surface area contributed by atoms with Crippen molar-refractivity contribution in [3.63, 3.8) is 0 Å². The van der Waals surface area contributed by atoms with Gasteiger partial charge in [-0.25, -0.2) is 4.79 Å². The topological polar surface area (TPSA) is 35.5 Å². The predicted molar refractivity (Wildman–Crippen MR) is 121 cm³/mol. The highest BCUT2D eigenvalue weighted by Crippen LogP contribution is 2.37. The van der Waals surface area contributed by atoms with E-state index in [-0.39, 0.29) is 12.1 Å². The van der Waals surface area contributed by atoms with Gasteiger partial charge in [-0.15, -0.1) is 0 Å². The molecule has 0 N–H and O–H groups in total. The molecule has 0 amide bonds. The van der Waals surface area contributed by atoms with Crippen LogP contribution in [0.5, 0.6) is 5.75 Å². The van der Waals surface area contributed by atoms with Crippen LogP contribution >= 0.6 is 0 Å². The van der Waals surface area contributed by atoms with E-state index in [2.05, 4.69) is 67.1 Å². The Hall–Kier alpha value is -3.33. The molecule has 3 aromatic rings. The summed E-state index contributed by atoms with van der Waals surface area (Å²) in [5.41, 5.74) is 8.46. The van der Waals surface area contributed by atoms with Crippen molar-refractivity contribution in [2.75, 3.05) is 7.11 Å². The molecule has 0 aromatic heterocycles. The first-order chi connectivity index (χ1) is 14.5. The molecule has 0 saturated heterocycles. The maximum Gasteiger partial charge on any atom is 0.330 e. The molecule has 0 aliphatic carbocycles. The van der Waals surface area contributed by atoms with Crippen LogP contribution in [0.1, 0.15) is 40.3 Å². The summed E-state index contributed by atoms with van der Waals surface area (Å²) in [5.74, 6) is 0.562. The molecule has 0 spiro atoms. The first-order valence-electron chi connectivity index (χ1n) is 10.3. The van der Waals surface area contributed by atoms with Gasteiger partial charge in [0.05, 0.1) is 7.11 Å². The highest BCUT2D eigenvalue weighted by Gasteiger charge is 2.22. The smallest absolute Gasteiger partial charge is 0.330 e. The Labute approximate surface area is 178 Å². The molecule has 30 heavy (non-hydrogen) atoms. The van der Waals surface area contributed by atoms with E-state index in [4.69, 9.17) is 4.74 Å². The molecule has 0 saturated carbocycles. The zero-order valence-corrected chi connectivity index (χ0v) is 17.6. The van der Waals surface area contributed by atoms with Crippen LogP contribution in [0.15, 0.2) is 66.7 Å². The summed E-state index contributed by atoms with van der Waals surface area (Å²) < 4.78 is 11.0. The molecular formula is C27H26O3. The lowest BCUT2D eigenvalue weighted by atomic mass is 9.91. The summed E-state index contributed by atoms with van der Waals surface area (Å²) in [7, 11) is 1.38. The second kappa shape index (κ2) is 8.58. The van der Waals surface area contributed by atoms with E-state index in [1.54, 1.807) is 6.08 Å². The Balaban J connectivity index is 1.57. The predicted octanol–water partition coefficient (Wildman–Crippen LogP) is 6.22. The molecule has 4 rings (SSSR count). The first-order valence-corrected chi connectivity index (χ1v) is 10.3. The van der Waals surface area contributed by atoms with Crippen LogP contribution in [-0.2, 0) is 16.0 Å². The monoisotopic (exact) mass is 398 g/mol. The maximum atomic E-state index is 11.3. The third-order valence-electron chi connectivity index (χ3n) is 5.67. The average Bonchev–Trinajstić information content (AvgIpc) is 2.77. The van der Waals surface area contributed by atoms with Crippen molar-refractivity contribution in [2.45, 2.75) is 32.8 Å². The molecule has 0 bridgehead atoms. The van der Waals surface area contributed by atoms with Crippen molar-refractivity contribution in [1.29, 1.82) is 0 Å². The number of carbonyl (C=O) groups is 1. The number of hydrogen-bond donors (Lipinski definition) is 0. The Morgan fingerprint density at radius 3 is 2.57 bits per heavy atom. The summed E-state index contributed by atoms with van der Waals surface area (Å²) in [4.78, 5) is 11.3. The lowest BCUT2D eigenvalue weighted by Gasteiger charge is -2.27. The van der Waals surface area contributed by atoms with Crippen LogP contribution < -0.4 is 4.74 Å². The highest BCUT2D eigenvalue weighted by atomic mass is 16.5. The van der Waals surface area contributed by atoms with Crippen LogP contribution in [0.25, 0.3) is 17.2 Å². The zero-order chi connectivity index (χ0) is 21.1. The van der Waals surface area contributed by atoms with Crippen molar-refractivity contribution in [3.05, 3.63) is 94.6 Å². The number of methoxy groups -OCH3 is 1. The van der Waals surface area contributed by atoms with Crippen molar-refractivity contribution in [1.82, 2.24) is 0 Å². The molecule has 1 atom stereocenters. The highest BCUT2D eigenvalue weighted by molar-refractivity contribution is 5.87. The number of benzene rings is 3. The van der Waals surface area contributed by atoms with Gasteiger partial charge in [0, 0.05) is 6.08 Å². The van der Waals surface area contributed by atoms with E-state index in [9.17, 15) is 4.79 Å². The molecule has 3 aromatic carbocycles. The molecule has 1 aliphatic heterocycles. The fraction of sp³-hybridized carbons (Fsp3) is 0.222. The fourth-order valence-corrected chi connectivity index (χ4v) is 4.14. The van der Waals surface area contributed by atoms with E-state index in [1.807, 2.05) is 12.1 Å². The van der Waals surface area contributed by atoms with E-state index in [0.29, 0.717) is 0 Å². The van der Waals surface area contributed by atoms with Gasteiger partial charge in [0.25, 0.3) is 0 Å². The van der Waals surface area contributed by atoms with Gasteiger partial charge in [0.15, 0.2) is 0 Å². The molecule has 0 fully saturated rings. The molecule has 3 nitrogen and oxygen atoms in total. The number of rotatable bonds is 4. The number of hydrogen-bond acceptors (Lipinski definition) is 3. The summed E-state index contributed by atoms with van der Waals surface area (Å²) >= 11 is 0. The van der Waals surface area contributed by atoms with Crippen molar-refractivity contribution in [2.24, 2.45) is 0 Å². The van der Waals surface area contributed by atoms with E-state index < -0.39 is 0 Å². The standard InChI is InChI=1S/C27H26O3/c1-18-6-4-7-19(2)27(18)23-9-5-8-21(17-23)25-14-12-22-16-20(10-13-24(22)30-25)11-15-26(28)29-3/h4-11,13,15-17,25H,12,14H2,1-3H3. The van der Waals surface area contributed by atoms with Crippen LogP contribution in [0.3, 0.4) is 0 Å². The summed E-state index contributed by atoms with van der Waals surface area (Å²) in [6.07, 6.45) is 5.11. The molecule has 152 valence electrons. The van der Waals surface area contributed by atoms with E-state index in [1.165, 1.54) is 46.6 Å². The number of esters is 1. The van der Waals surface area contributed by atoms with Crippen molar-refractivity contribution >= 4 is 12.0 Å². The van der Waals surface area contributed by atoms with Gasteiger partial charge in [-0.3, -0.25) is 0 Å². The lowest BCUT2D eigenvalue weighted by molar-refractivity contribution is -0.134. The van der Waals surface area contributed by atoms with Gasteiger partial charge in [-0.05, 0) is 89.9 Å². The summed E-state index contributed by atoms with van der Waals surface area (Å²) in [5, 5.41) is 0. The number of aryl methyl sites for hydroxylation is 3. The zero-order valence-electron chi connectivity index (χ0n) is 17.6. The van der Waals surface area contributed by atoms with Crippen LogP contribution in [0.4, 0.5) is 0 Å². The van der Waals surface area contributed by atoms with Gasteiger partial charge in [0.1, 0.15) is 11.9 Å². The number of fused-ring (bicyclic) bond motifs is 1. The summed E-state index contributed by atoms with van der Waals surface area (Å²) in [6.45, 7) is 4.32. The second-order valence-corrected chi connectivity index (χ2v) is 7.76. The molecule has 1 aliphatic rings. The number of carbonyl (C=O) groups excluding carboxylic acids is 1. The Morgan fingerprint density at radius 2 is 1.80 bits per heavy atom. The van der Waals surface area contributed by atoms with Gasteiger partial charge in [-0.2, -0.15) is 0 Å². The minimum Gasteiger partial charge on any atom is -0.485 e. The largest absolute Gasteiger partial charge is 0.485 e. The Kier molecular flexibility index (Phi) is 5.71.